The van der Waals surface area contributed by atoms with Crippen LogP contribution in [0.2, 0.25) is 0 Å². The van der Waals surface area contributed by atoms with Gasteiger partial charge in [0.25, 0.3) is 0 Å². The van der Waals surface area contributed by atoms with E-state index in [1.165, 1.54) is 0 Å². The second kappa shape index (κ2) is 4.68. The third-order valence-electron chi connectivity index (χ3n) is 2.09. The lowest BCUT2D eigenvalue weighted by Gasteiger charge is -2.13. The van der Waals surface area contributed by atoms with E-state index >= 15 is 0 Å². The van der Waals surface area contributed by atoms with Gasteiger partial charge < -0.3 is 5.11 Å². The molecule has 2 atom stereocenters. The fourth-order valence-electron chi connectivity index (χ4n) is 1.23. The number of aryl methyl sites for hydroxylation is 1. The van der Waals surface area contributed by atoms with Gasteiger partial charge in [-0.25, -0.2) is 9.97 Å². The van der Waals surface area contributed by atoms with Crippen molar-refractivity contribution in [3.8, 4) is 6.07 Å². The highest BCUT2D eigenvalue weighted by molar-refractivity contribution is 5.09. The van der Waals surface area contributed by atoms with Crippen LogP contribution in [0.4, 0.5) is 0 Å². The molecule has 2 unspecified atom stereocenters. The fraction of sp³-hybridized carbons (Fsp3) is 0.500. The average Bonchev–Trinajstić information content (AvgIpc) is 2.19. The summed E-state index contributed by atoms with van der Waals surface area (Å²) in [5.74, 6) is 0.207. The van der Waals surface area contributed by atoms with E-state index < -0.39 is 12.0 Å². The Balaban J connectivity index is 2.89. The molecule has 0 fully saturated rings. The Bertz CT molecular complexity index is 345. The number of nitriles is 1. The minimum absolute atomic E-state index is 0.399. The van der Waals surface area contributed by atoms with Crippen LogP contribution in [0, 0.1) is 24.2 Å². The van der Waals surface area contributed by atoms with Gasteiger partial charge in [0, 0.05) is 6.20 Å². The largest absolute Gasteiger partial charge is 0.385 e. The zero-order valence-corrected chi connectivity index (χ0v) is 8.31. The number of aliphatic hydroxyl groups excluding tert-OH is 1. The second-order valence-electron chi connectivity index (χ2n) is 3.12. The number of aliphatic hydroxyl groups is 1. The van der Waals surface area contributed by atoms with Crippen LogP contribution in [-0.4, -0.2) is 15.1 Å². The van der Waals surface area contributed by atoms with Gasteiger partial charge in [0.2, 0.25) is 0 Å². The van der Waals surface area contributed by atoms with Crippen molar-refractivity contribution in [2.75, 3.05) is 0 Å². The topological polar surface area (TPSA) is 69.8 Å². The summed E-state index contributed by atoms with van der Waals surface area (Å²) in [6, 6.07) is 3.70. The first kappa shape index (κ1) is 10.6. The number of hydrogen-bond acceptors (Lipinski definition) is 4. The van der Waals surface area contributed by atoms with E-state index in [-0.39, 0.29) is 0 Å². The van der Waals surface area contributed by atoms with Crippen LogP contribution in [0.15, 0.2) is 12.3 Å². The van der Waals surface area contributed by atoms with Crippen molar-refractivity contribution in [1.29, 1.82) is 5.26 Å². The molecule has 74 valence electrons. The van der Waals surface area contributed by atoms with Crippen LogP contribution in [0.5, 0.6) is 0 Å². The van der Waals surface area contributed by atoms with Gasteiger partial charge in [0.1, 0.15) is 11.9 Å². The summed E-state index contributed by atoms with van der Waals surface area (Å²) in [7, 11) is 0. The summed E-state index contributed by atoms with van der Waals surface area (Å²) < 4.78 is 0. The SMILES string of the molecule is CCC(C#N)C(O)c1ccnc(C)n1. The first-order valence-corrected chi connectivity index (χ1v) is 4.56. The Morgan fingerprint density at radius 2 is 2.36 bits per heavy atom. The van der Waals surface area contributed by atoms with E-state index in [1.54, 1.807) is 19.2 Å². The van der Waals surface area contributed by atoms with E-state index in [1.807, 2.05) is 6.92 Å². The molecule has 4 nitrogen and oxygen atoms in total. The molecule has 0 aromatic carbocycles. The first-order valence-electron chi connectivity index (χ1n) is 4.56. The molecule has 1 heterocycles. The van der Waals surface area contributed by atoms with Crippen molar-refractivity contribution in [3.63, 3.8) is 0 Å². The van der Waals surface area contributed by atoms with Gasteiger partial charge in [-0.1, -0.05) is 6.92 Å². The highest BCUT2D eigenvalue weighted by Crippen LogP contribution is 2.21. The summed E-state index contributed by atoms with van der Waals surface area (Å²) in [6.45, 7) is 3.62. The van der Waals surface area contributed by atoms with Crippen molar-refractivity contribution < 1.29 is 5.11 Å². The zero-order chi connectivity index (χ0) is 10.6. The van der Waals surface area contributed by atoms with E-state index in [2.05, 4.69) is 16.0 Å². The molecule has 0 bridgehead atoms. The van der Waals surface area contributed by atoms with Crippen molar-refractivity contribution in [2.45, 2.75) is 26.4 Å². The van der Waals surface area contributed by atoms with Crippen molar-refractivity contribution in [1.82, 2.24) is 9.97 Å². The van der Waals surface area contributed by atoms with Crippen LogP contribution in [0.3, 0.4) is 0 Å². The van der Waals surface area contributed by atoms with Gasteiger partial charge in [-0.05, 0) is 19.4 Å². The molecule has 0 aliphatic rings. The van der Waals surface area contributed by atoms with E-state index in [9.17, 15) is 5.11 Å². The molecule has 1 N–H and O–H groups in total. The number of aromatic nitrogens is 2. The number of hydrogen-bond donors (Lipinski definition) is 1. The van der Waals surface area contributed by atoms with Crippen LogP contribution in [-0.2, 0) is 0 Å². The molecule has 0 radical (unpaired) electrons. The summed E-state index contributed by atoms with van der Waals surface area (Å²) in [4.78, 5) is 8.01. The molecule has 0 aliphatic heterocycles. The zero-order valence-electron chi connectivity index (χ0n) is 8.31. The molecular formula is C10H13N3O. The standard InChI is InChI=1S/C10H13N3O/c1-3-8(6-11)10(14)9-4-5-12-7(2)13-9/h4-5,8,10,14H,3H2,1-2H3. The van der Waals surface area contributed by atoms with Crippen molar-refractivity contribution in [3.05, 3.63) is 23.8 Å². The Kier molecular flexibility index (Phi) is 3.55. The molecule has 4 heteroatoms. The lowest BCUT2D eigenvalue weighted by Crippen LogP contribution is -2.12. The molecule has 1 aromatic rings. The summed E-state index contributed by atoms with van der Waals surface area (Å²) in [6.07, 6.45) is 1.39. The van der Waals surface area contributed by atoms with Crippen LogP contribution in [0.1, 0.15) is 31.0 Å². The van der Waals surface area contributed by atoms with Gasteiger partial charge in [-0.2, -0.15) is 5.26 Å². The minimum Gasteiger partial charge on any atom is -0.385 e. The van der Waals surface area contributed by atoms with E-state index in [0.717, 1.165) is 0 Å². The van der Waals surface area contributed by atoms with Gasteiger partial charge in [-0.15, -0.1) is 0 Å². The van der Waals surface area contributed by atoms with E-state index in [4.69, 9.17) is 5.26 Å². The summed E-state index contributed by atoms with van der Waals surface area (Å²) in [5, 5.41) is 18.6. The molecule has 0 aliphatic carbocycles. The Morgan fingerprint density at radius 3 is 2.86 bits per heavy atom. The van der Waals surface area contributed by atoms with Crippen molar-refractivity contribution in [2.24, 2.45) is 5.92 Å². The van der Waals surface area contributed by atoms with Crippen molar-refractivity contribution >= 4 is 0 Å². The highest BCUT2D eigenvalue weighted by atomic mass is 16.3. The maximum atomic E-state index is 9.79. The third kappa shape index (κ3) is 2.27. The predicted molar refractivity (Wildman–Crippen MR) is 51.1 cm³/mol. The number of nitrogens with zero attached hydrogens (tertiary/aromatic N) is 3. The molecule has 0 amide bonds. The molecule has 1 aromatic heterocycles. The summed E-state index contributed by atoms with van der Waals surface area (Å²) >= 11 is 0. The Labute approximate surface area is 83.2 Å². The molecular weight excluding hydrogens is 178 g/mol. The van der Waals surface area contributed by atoms with Crippen LogP contribution < -0.4 is 0 Å². The smallest absolute Gasteiger partial charge is 0.125 e. The monoisotopic (exact) mass is 191 g/mol. The van der Waals surface area contributed by atoms with E-state index in [0.29, 0.717) is 17.9 Å². The molecule has 1 rings (SSSR count). The quantitative estimate of drug-likeness (QED) is 0.783. The van der Waals surface area contributed by atoms with Gasteiger partial charge >= 0.3 is 0 Å². The van der Waals surface area contributed by atoms with Gasteiger partial charge in [0.15, 0.2) is 0 Å². The second-order valence-corrected chi connectivity index (χ2v) is 3.12. The summed E-state index contributed by atoms with van der Waals surface area (Å²) in [5.41, 5.74) is 0.519. The lowest BCUT2D eigenvalue weighted by atomic mass is 9.98. The Hall–Kier alpha value is -1.47. The predicted octanol–water partition coefficient (Wildman–Crippen LogP) is 1.37. The Morgan fingerprint density at radius 1 is 1.64 bits per heavy atom. The molecule has 0 spiro atoms. The average molecular weight is 191 g/mol. The van der Waals surface area contributed by atoms with Gasteiger partial charge in [0.05, 0.1) is 17.7 Å². The normalized spacial score (nSPS) is 14.4. The van der Waals surface area contributed by atoms with Crippen LogP contribution in [0.25, 0.3) is 0 Å². The molecule has 0 saturated heterocycles. The molecule has 14 heavy (non-hydrogen) atoms. The minimum atomic E-state index is -0.813. The third-order valence-corrected chi connectivity index (χ3v) is 2.09. The molecule has 0 saturated carbocycles. The maximum absolute atomic E-state index is 9.79. The first-order chi connectivity index (χ1) is 6.69. The lowest BCUT2D eigenvalue weighted by molar-refractivity contribution is 0.128. The van der Waals surface area contributed by atoms with Crippen LogP contribution >= 0.6 is 0 Å². The highest BCUT2D eigenvalue weighted by Gasteiger charge is 2.19. The van der Waals surface area contributed by atoms with Gasteiger partial charge in [-0.3, -0.25) is 0 Å². The maximum Gasteiger partial charge on any atom is 0.125 e. The fourth-order valence-corrected chi connectivity index (χ4v) is 1.23. The number of rotatable bonds is 3.